The van der Waals surface area contributed by atoms with Gasteiger partial charge in [-0.15, -0.1) is 0 Å². The lowest BCUT2D eigenvalue weighted by atomic mass is 10.1. The van der Waals surface area contributed by atoms with Crippen LogP contribution in [0.3, 0.4) is 0 Å². The number of carbonyl (C=O) groups is 1. The predicted molar refractivity (Wildman–Crippen MR) is 86.4 cm³/mol. The zero-order valence-electron chi connectivity index (χ0n) is 12.7. The van der Waals surface area contributed by atoms with Crippen molar-refractivity contribution in [3.63, 3.8) is 0 Å². The Morgan fingerprint density at radius 1 is 1.17 bits per heavy atom. The van der Waals surface area contributed by atoms with Crippen LogP contribution in [0, 0.1) is 10.1 Å². The number of nitrogens with two attached hydrogens (primary N) is 1. The van der Waals surface area contributed by atoms with Gasteiger partial charge in [-0.3, -0.25) is 14.9 Å². The number of nitro groups is 1. The monoisotopic (exact) mass is 329 g/mol. The Balaban J connectivity index is 1.79. The van der Waals surface area contributed by atoms with Gasteiger partial charge in [0, 0.05) is 18.2 Å². The fraction of sp³-hybridized carbons (Fsp3) is 0.188. The largest absolute Gasteiger partial charge is 0.486 e. The van der Waals surface area contributed by atoms with E-state index in [1.54, 1.807) is 6.07 Å². The summed E-state index contributed by atoms with van der Waals surface area (Å²) in [7, 11) is 0. The molecule has 0 saturated heterocycles. The van der Waals surface area contributed by atoms with Gasteiger partial charge in [0.05, 0.1) is 4.92 Å². The zero-order chi connectivity index (χ0) is 17.1. The van der Waals surface area contributed by atoms with E-state index < -0.39 is 10.8 Å². The quantitative estimate of drug-likeness (QED) is 0.640. The molecule has 8 heteroatoms. The van der Waals surface area contributed by atoms with E-state index in [2.05, 4.69) is 5.32 Å². The lowest BCUT2D eigenvalue weighted by molar-refractivity contribution is -0.384. The normalized spacial score (nSPS) is 12.5. The van der Waals surface area contributed by atoms with Crippen molar-refractivity contribution in [3.8, 4) is 11.5 Å². The third-order valence-electron chi connectivity index (χ3n) is 3.57. The minimum Gasteiger partial charge on any atom is -0.486 e. The molecule has 0 radical (unpaired) electrons. The van der Waals surface area contributed by atoms with Gasteiger partial charge in [0.25, 0.3) is 5.69 Å². The van der Waals surface area contributed by atoms with E-state index in [1.807, 2.05) is 12.1 Å². The Bertz CT molecular complexity index is 806. The Hall–Kier alpha value is -3.29. The summed E-state index contributed by atoms with van der Waals surface area (Å²) in [5.41, 5.74) is 6.23. The first-order valence-corrected chi connectivity index (χ1v) is 7.25. The van der Waals surface area contributed by atoms with Gasteiger partial charge in [-0.1, -0.05) is 6.07 Å². The van der Waals surface area contributed by atoms with E-state index in [-0.39, 0.29) is 11.3 Å². The topological polar surface area (TPSA) is 117 Å². The number of nitrogens with zero attached hydrogens (tertiary/aromatic N) is 1. The van der Waals surface area contributed by atoms with Crippen molar-refractivity contribution < 1.29 is 19.2 Å². The molecule has 2 aromatic rings. The molecular weight excluding hydrogens is 314 g/mol. The lowest BCUT2D eigenvalue weighted by Crippen LogP contribution is -2.15. The maximum absolute atomic E-state index is 11.2. The smallest absolute Gasteiger partial charge is 0.293 e. The summed E-state index contributed by atoms with van der Waals surface area (Å²) < 4.78 is 11.0. The molecule has 0 saturated carbocycles. The van der Waals surface area contributed by atoms with Crippen LogP contribution in [-0.2, 0) is 6.54 Å². The molecule has 1 heterocycles. The second-order valence-corrected chi connectivity index (χ2v) is 5.18. The second-order valence-electron chi connectivity index (χ2n) is 5.18. The molecule has 8 nitrogen and oxygen atoms in total. The number of rotatable bonds is 5. The maximum Gasteiger partial charge on any atom is 0.293 e. The summed E-state index contributed by atoms with van der Waals surface area (Å²) in [5.74, 6) is 0.623. The third-order valence-corrected chi connectivity index (χ3v) is 3.57. The summed E-state index contributed by atoms with van der Waals surface area (Å²) in [5, 5.41) is 14.2. The Kier molecular flexibility index (Phi) is 4.19. The molecule has 0 bridgehead atoms. The first-order valence-electron chi connectivity index (χ1n) is 7.25. The lowest BCUT2D eigenvalue weighted by Gasteiger charge is -2.19. The highest BCUT2D eigenvalue weighted by Gasteiger charge is 2.17. The molecule has 0 fully saturated rings. The molecule has 1 aliphatic rings. The number of hydrogen-bond donors (Lipinski definition) is 2. The average molecular weight is 329 g/mol. The Morgan fingerprint density at radius 2 is 1.92 bits per heavy atom. The molecule has 3 rings (SSSR count). The van der Waals surface area contributed by atoms with E-state index in [9.17, 15) is 14.9 Å². The highest BCUT2D eigenvalue weighted by atomic mass is 16.6. The zero-order valence-corrected chi connectivity index (χ0v) is 12.7. The third kappa shape index (κ3) is 3.22. The number of carbonyl (C=O) groups excluding carboxylic acids is 1. The van der Waals surface area contributed by atoms with Crippen molar-refractivity contribution in [2.75, 3.05) is 18.5 Å². The number of ether oxygens (including phenoxy) is 2. The van der Waals surface area contributed by atoms with Gasteiger partial charge in [-0.25, -0.2) is 0 Å². The van der Waals surface area contributed by atoms with Crippen LogP contribution in [0.5, 0.6) is 11.5 Å². The Morgan fingerprint density at radius 3 is 2.62 bits per heavy atom. The fourth-order valence-corrected chi connectivity index (χ4v) is 2.38. The van der Waals surface area contributed by atoms with Crippen LogP contribution in [-0.4, -0.2) is 24.0 Å². The van der Waals surface area contributed by atoms with Crippen LogP contribution in [0.1, 0.15) is 15.9 Å². The molecule has 3 N–H and O–H groups in total. The van der Waals surface area contributed by atoms with Gasteiger partial charge in [0.2, 0.25) is 5.91 Å². The second kappa shape index (κ2) is 6.45. The highest BCUT2D eigenvalue weighted by molar-refractivity contribution is 5.94. The number of hydrogen-bond acceptors (Lipinski definition) is 6. The molecular formula is C16H15N3O5. The molecule has 1 aliphatic heterocycles. The molecule has 124 valence electrons. The van der Waals surface area contributed by atoms with E-state index in [0.29, 0.717) is 36.9 Å². The fourth-order valence-electron chi connectivity index (χ4n) is 2.38. The average Bonchev–Trinajstić information content (AvgIpc) is 2.59. The Labute approximate surface area is 137 Å². The molecule has 2 aromatic carbocycles. The number of anilines is 1. The van der Waals surface area contributed by atoms with E-state index in [0.717, 1.165) is 11.6 Å². The van der Waals surface area contributed by atoms with E-state index in [4.69, 9.17) is 15.2 Å². The van der Waals surface area contributed by atoms with Gasteiger partial charge in [-0.05, 0) is 29.8 Å². The highest BCUT2D eigenvalue weighted by Crippen LogP contribution is 2.31. The van der Waals surface area contributed by atoms with Crippen LogP contribution in [0.15, 0.2) is 36.4 Å². The van der Waals surface area contributed by atoms with E-state index >= 15 is 0 Å². The predicted octanol–water partition coefficient (Wildman–Crippen LogP) is 2.08. The summed E-state index contributed by atoms with van der Waals surface area (Å²) in [6.07, 6.45) is 0. The summed E-state index contributed by atoms with van der Waals surface area (Å²) in [6, 6.07) is 9.55. The molecule has 1 amide bonds. The van der Waals surface area contributed by atoms with Crippen molar-refractivity contribution in [1.82, 2.24) is 0 Å². The van der Waals surface area contributed by atoms with Crippen LogP contribution < -0.4 is 20.5 Å². The number of benzene rings is 2. The van der Waals surface area contributed by atoms with Crippen molar-refractivity contribution in [3.05, 3.63) is 57.6 Å². The van der Waals surface area contributed by atoms with Gasteiger partial charge in [-0.2, -0.15) is 0 Å². The number of amides is 1. The number of nitrogens with one attached hydrogen (secondary N) is 1. The minimum absolute atomic E-state index is 0.0894. The van der Waals surface area contributed by atoms with E-state index in [1.165, 1.54) is 12.1 Å². The minimum atomic E-state index is -0.712. The molecule has 24 heavy (non-hydrogen) atoms. The summed E-state index contributed by atoms with van der Waals surface area (Å²) in [6.45, 7) is 1.36. The van der Waals surface area contributed by atoms with Crippen LogP contribution in [0.25, 0.3) is 0 Å². The molecule has 0 atom stereocenters. The van der Waals surface area contributed by atoms with Gasteiger partial charge < -0.3 is 20.5 Å². The number of fused-ring (bicyclic) bond motifs is 1. The first kappa shape index (κ1) is 15.6. The number of primary amides is 1. The standard InChI is InChI=1S/C16H15N3O5/c17-16(20)11-2-3-12(13(8-11)19(21)22)18-9-10-1-4-14-15(7-10)24-6-5-23-14/h1-4,7-8,18H,5-6,9H2,(H2,17,20). The van der Waals surface area contributed by atoms with Crippen molar-refractivity contribution in [1.29, 1.82) is 0 Å². The maximum atomic E-state index is 11.2. The summed E-state index contributed by atoms with van der Waals surface area (Å²) in [4.78, 5) is 21.8. The van der Waals surface area contributed by atoms with Crippen molar-refractivity contribution in [2.24, 2.45) is 5.73 Å². The van der Waals surface area contributed by atoms with Crippen molar-refractivity contribution >= 4 is 17.3 Å². The SMILES string of the molecule is NC(=O)c1ccc(NCc2ccc3c(c2)OCCO3)c([N+](=O)[O-])c1. The van der Waals surface area contributed by atoms with Crippen LogP contribution in [0.2, 0.25) is 0 Å². The number of nitro benzene ring substituents is 1. The first-order chi connectivity index (χ1) is 11.5. The van der Waals surface area contributed by atoms with Gasteiger partial charge in [0.15, 0.2) is 11.5 Å². The van der Waals surface area contributed by atoms with Gasteiger partial charge in [0.1, 0.15) is 18.9 Å². The molecule has 0 aromatic heterocycles. The summed E-state index contributed by atoms with van der Waals surface area (Å²) >= 11 is 0. The van der Waals surface area contributed by atoms with Gasteiger partial charge >= 0.3 is 0 Å². The molecule has 0 aliphatic carbocycles. The molecule has 0 spiro atoms. The molecule has 0 unspecified atom stereocenters. The van der Waals surface area contributed by atoms with Crippen molar-refractivity contribution in [2.45, 2.75) is 6.54 Å². The van der Waals surface area contributed by atoms with Crippen LogP contribution in [0.4, 0.5) is 11.4 Å². The van der Waals surface area contributed by atoms with Crippen LogP contribution >= 0.6 is 0 Å².